The second-order valence-corrected chi connectivity index (χ2v) is 5.90. The lowest BCUT2D eigenvalue weighted by Gasteiger charge is -2.22. The van der Waals surface area contributed by atoms with Crippen molar-refractivity contribution in [3.8, 4) is 6.07 Å². The second-order valence-electron chi connectivity index (χ2n) is 5.90. The van der Waals surface area contributed by atoms with Gasteiger partial charge < -0.3 is 9.64 Å². The molecular weight excluding hydrogens is 340 g/mol. The third-order valence-corrected chi connectivity index (χ3v) is 4.25. The van der Waals surface area contributed by atoms with Crippen LogP contribution >= 0.6 is 0 Å². The molecule has 0 fully saturated rings. The van der Waals surface area contributed by atoms with Gasteiger partial charge in [0.1, 0.15) is 0 Å². The molecule has 134 valence electrons. The summed E-state index contributed by atoms with van der Waals surface area (Å²) >= 11 is 0. The van der Waals surface area contributed by atoms with Crippen molar-refractivity contribution < 1.29 is 14.3 Å². The van der Waals surface area contributed by atoms with Crippen LogP contribution in [0.25, 0.3) is 10.8 Å². The van der Waals surface area contributed by atoms with E-state index in [4.69, 9.17) is 10.00 Å². The van der Waals surface area contributed by atoms with Gasteiger partial charge in [0, 0.05) is 11.9 Å². The molecule has 0 aliphatic rings. The molecule has 0 spiro atoms. The van der Waals surface area contributed by atoms with Gasteiger partial charge in [0.15, 0.2) is 6.61 Å². The lowest BCUT2D eigenvalue weighted by Crippen LogP contribution is -2.34. The fourth-order valence-electron chi connectivity index (χ4n) is 2.89. The predicted molar refractivity (Wildman–Crippen MR) is 103 cm³/mol. The minimum Gasteiger partial charge on any atom is -0.452 e. The molecule has 0 heterocycles. The number of amides is 1. The molecule has 27 heavy (non-hydrogen) atoms. The summed E-state index contributed by atoms with van der Waals surface area (Å²) in [6, 6.07) is 21.7. The van der Waals surface area contributed by atoms with E-state index in [0.717, 1.165) is 16.5 Å². The summed E-state index contributed by atoms with van der Waals surface area (Å²) in [7, 11) is 0. The molecule has 0 N–H and O–H groups in total. The first-order chi connectivity index (χ1) is 13.1. The van der Waals surface area contributed by atoms with Crippen LogP contribution in [0.4, 0.5) is 5.69 Å². The van der Waals surface area contributed by atoms with Crippen LogP contribution in [-0.2, 0) is 9.53 Å². The molecule has 0 saturated heterocycles. The minimum absolute atomic E-state index is 0.296. The number of benzene rings is 3. The highest BCUT2D eigenvalue weighted by Gasteiger charge is 2.18. The van der Waals surface area contributed by atoms with Crippen LogP contribution in [0.15, 0.2) is 66.7 Å². The Labute approximate surface area is 157 Å². The van der Waals surface area contributed by atoms with Crippen LogP contribution in [0.2, 0.25) is 0 Å². The Morgan fingerprint density at radius 1 is 1.00 bits per heavy atom. The van der Waals surface area contributed by atoms with E-state index in [1.807, 2.05) is 55.5 Å². The Kier molecular flexibility index (Phi) is 5.48. The summed E-state index contributed by atoms with van der Waals surface area (Å²) in [5, 5.41) is 10.8. The summed E-state index contributed by atoms with van der Waals surface area (Å²) in [6.45, 7) is 1.99. The number of carbonyl (C=O) groups excluding carboxylic acids is 2. The molecule has 3 aromatic rings. The topological polar surface area (TPSA) is 70.4 Å². The first-order valence-corrected chi connectivity index (χ1v) is 8.59. The molecule has 5 heteroatoms. The fourth-order valence-corrected chi connectivity index (χ4v) is 2.89. The molecule has 0 unspecified atom stereocenters. The zero-order chi connectivity index (χ0) is 19.2. The molecule has 0 aliphatic carbocycles. The van der Waals surface area contributed by atoms with Gasteiger partial charge in [-0.2, -0.15) is 5.26 Å². The monoisotopic (exact) mass is 358 g/mol. The van der Waals surface area contributed by atoms with E-state index in [2.05, 4.69) is 0 Å². The highest BCUT2D eigenvalue weighted by Crippen LogP contribution is 2.26. The Hall–Kier alpha value is -3.65. The predicted octanol–water partition coefficient (Wildman–Crippen LogP) is 3.92. The summed E-state index contributed by atoms with van der Waals surface area (Å²) in [5.74, 6) is -0.891. The number of carbonyl (C=O) groups is 2. The molecule has 0 saturated carbocycles. The van der Waals surface area contributed by atoms with E-state index >= 15 is 0 Å². The standard InChI is InChI=1S/C22H18N2O3/c1-2-24(20-9-5-7-17-6-3-4-8-19(17)20)21(25)15-27-22(26)18-12-10-16(14-23)11-13-18/h3-13H,2,15H2,1H3. The largest absolute Gasteiger partial charge is 0.452 e. The van der Waals surface area contributed by atoms with Crippen LogP contribution in [0.1, 0.15) is 22.8 Å². The third kappa shape index (κ3) is 3.96. The van der Waals surface area contributed by atoms with Crippen LogP contribution in [0.5, 0.6) is 0 Å². The number of anilines is 1. The number of hydrogen-bond acceptors (Lipinski definition) is 4. The average molecular weight is 358 g/mol. The summed E-state index contributed by atoms with van der Waals surface area (Å²) in [5.41, 5.74) is 1.54. The molecule has 3 aromatic carbocycles. The molecule has 0 radical (unpaired) electrons. The van der Waals surface area contributed by atoms with Crippen molar-refractivity contribution >= 4 is 28.3 Å². The SMILES string of the molecule is CCN(C(=O)COC(=O)c1ccc(C#N)cc1)c1cccc2ccccc12. The van der Waals surface area contributed by atoms with Gasteiger partial charge in [0.25, 0.3) is 5.91 Å². The van der Waals surface area contributed by atoms with Gasteiger partial charge in [0.2, 0.25) is 0 Å². The summed E-state index contributed by atoms with van der Waals surface area (Å²) < 4.78 is 5.17. The van der Waals surface area contributed by atoms with E-state index in [9.17, 15) is 9.59 Å². The number of hydrogen-bond donors (Lipinski definition) is 0. The van der Waals surface area contributed by atoms with Crippen molar-refractivity contribution in [3.63, 3.8) is 0 Å². The van der Waals surface area contributed by atoms with Gasteiger partial charge in [-0.25, -0.2) is 4.79 Å². The van der Waals surface area contributed by atoms with E-state index in [0.29, 0.717) is 17.7 Å². The average Bonchev–Trinajstić information content (AvgIpc) is 2.72. The number of nitriles is 1. The maximum absolute atomic E-state index is 12.7. The number of ether oxygens (including phenoxy) is 1. The van der Waals surface area contributed by atoms with Gasteiger partial charge in [-0.05, 0) is 42.6 Å². The highest BCUT2D eigenvalue weighted by atomic mass is 16.5. The van der Waals surface area contributed by atoms with Crippen molar-refractivity contribution in [1.29, 1.82) is 5.26 Å². The van der Waals surface area contributed by atoms with Crippen molar-refractivity contribution in [2.75, 3.05) is 18.1 Å². The van der Waals surface area contributed by atoms with Crippen LogP contribution in [0, 0.1) is 11.3 Å². The summed E-state index contributed by atoms with van der Waals surface area (Å²) in [6.07, 6.45) is 0. The molecule has 0 aliphatic heterocycles. The van der Waals surface area contributed by atoms with Crippen LogP contribution < -0.4 is 4.90 Å². The maximum Gasteiger partial charge on any atom is 0.338 e. The molecular formula is C22H18N2O3. The van der Waals surface area contributed by atoms with Gasteiger partial charge >= 0.3 is 5.97 Å². The smallest absolute Gasteiger partial charge is 0.338 e. The second kappa shape index (κ2) is 8.15. The van der Waals surface area contributed by atoms with Gasteiger partial charge in [0.05, 0.1) is 22.9 Å². The van der Waals surface area contributed by atoms with Crippen molar-refractivity contribution in [3.05, 3.63) is 77.9 Å². The van der Waals surface area contributed by atoms with Gasteiger partial charge in [-0.15, -0.1) is 0 Å². The number of likely N-dealkylation sites (N-methyl/N-ethyl adjacent to an activating group) is 1. The Bertz CT molecular complexity index is 1010. The zero-order valence-electron chi connectivity index (χ0n) is 14.9. The Balaban J connectivity index is 1.73. The van der Waals surface area contributed by atoms with E-state index in [-0.39, 0.29) is 12.5 Å². The molecule has 0 atom stereocenters. The van der Waals surface area contributed by atoms with Gasteiger partial charge in [-0.3, -0.25) is 4.79 Å². The van der Waals surface area contributed by atoms with Crippen molar-refractivity contribution in [2.45, 2.75) is 6.92 Å². The fraction of sp³-hybridized carbons (Fsp3) is 0.136. The summed E-state index contributed by atoms with van der Waals surface area (Å²) in [4.78, 5) is 26.4. The maximum atomic E-state index is 12.7. The Morgan fingerprint density at radius 2 is 1.70 bits per heavy atom. The van der Waals surface area contributed by atoms with Crippen LogP contribution in [0.3, 0.4) is 0 Å². The number of esters is 1. The number of fused-ring (bicyclic) bond motifs is 1. The first-order valence-electron chi connectivity index (χ1n) is 8.59. The first kappa shape index (κ1) is 18.2. The Morgan fingerprint density at radius 3 is 2.41 bits per heavy atom. The van der Waals surface area contributed by atoms with Crippen molar-refractivity contribution in [2.24, 2.45) is 0 Å². The van der Waals surface area contributed by atoms with Crippen LogP contribution in [-0.4, -0.2) is 25.0 Å². The minimum atomic E-state index is -0.596. The molecule has 1 amide bonds. The quantitative estimate of drug-likeness (QED) is 0.648. The molecule has 5 nitrogen and oxygen atoms in total. The van der Waals surface area contributed by atoms with E-state index in [1.165, 1.54) is 24.3 Å². The van der Waals surface area contributed by atoms with E-state index in [1.54, 1.807) is 4.90 Å². The lowest BCUT2D eigenvalue weighted by molar-refractivity contribution is -0.121. The number of rotatable bonds is 5. The zero-order valence-corrected chi connectivity index (χ0v) is 14.9. The normalized spacial score (nSPS) is 10.2. The lowest BCUT2D eigenvalue weighted by atomic mass is 10.1. The molecule has 0 bridgehead atoms. The molecule has 3 rings (SSSR count). The third-order valence-electron chi connectivity index (χ3n) is 4.25. The van der Waals surface area contributed by atoms with Crippen molar-refractivity contribution in [1.82, 2.24) is 0 Å². The van der Waals surface area contributed by atoms with E-state index < -0.39 is 5.97 Å². The molecule has 0 aromatic heterocycles. The number of nitrogens with zero attached hydrogens (tertiary/aromatic N) is 2. The highest BCUT2D eigenvalue weighted by molar-refractivity contribution is 6.04. The van der Waals surface area contributed by atoms with Gasteiger partial charge in [-0.1, -0.05) is 36.4 Å².